The lowest BCUT2D eigenvalue weighted by atomic mass is 9.83. The Morgan fingerprint density at radius 1 is 0.688 bits per heavy atom. The summed E-state index contributed by atoms with van der Waals surface area (Å²) in [7, 11) is 0. The van der Waals surface area contributed by atoms with Crippen molar-refractivity contribution >= 4 is 59.1 Å². The predicted octanol–water partition coefficient (Wildman–Crippen LogP) is -1.51. The number of carboxylic acids is 1. The Morgan fingerprint density at radius 2 is 1.27 bits per heavy atom. The highest BCUT2D eigenvalue weighted by Crippen LogP contribution is 2.27. The molecule has 0 aromatic heterocycles. The first-order valence-corrected chi connectivity index (χ1v) is 21.5. The first-order valence-electron chi connectivity index (χ1n) is 21.5. The van der Waals surface area contributed by atoms with E-state index in [4.69, 9.17) is 11.5 Å². The lowest BCUT2D eigenvalue weighted by molar-refractivity contribution is -0.141. The van der Waals surface area contributed by atoms with Crippen LogP contribution in [0, 0.1) is 11.8 Å². The summed E-state index contributed by atoms with van der Waals surface area (Å²) >= 11 is 0. The minimum atomic E-state index is -1.57. The Morgan fingerprint density at radius 3 is 1.78 bits per heavy atom. The van der Waals surface area contributed by atoms with Crippen molar-refractivity contribution in [1.82, 2.24) is 42.1 Å². The Bertz CT molecular complexity index is 1760. The van der Waals surface area contributed by atoms with E-state index in [9.17, 15) is 53.1 Å². The number of rotatable bonds is 25. The molecule has 0 unspecified atom stereocenters. The van der Waals surface area contributed by atoms with Crippen molar-refractivity contribution < 1.29 is 53.1 Å². The molecule has 1 aromatic carbocycles. The number of hydrogen-bond donors (Lipinski definition) is 10. The van der Waals surface area contributed by atoms with Crippen molar-refractivity contribution in [2.24, 2.45) is 23.3 Å². The van der Waals surface area contributed by atoms with Crippen LogP contribution in [0.3, 0.4) is 0 Å². The summed E-state index contributed by atoms with van der Waals surface area (Å²) < 4.78 is 0. The molecule has 21 nitrogen and oxygen atoms in total. The van der Waals surface area contributed by atoms with Crippen LogP contribution in [0.5, 0.6) is 0 Å². The maximum absolute atomic E-state index is 13.5. The van der Waals surface area contributed by atoms with Gasteiger partial charge in [0, 0.05) is 18.6 Å². The van der Waals surface area contributed by atoms with Crippen LogP contribution in [0.1, 0.15) is 85.6 Å². The fourth-order valence-corrected chi connectivity index (χ4v) is 6.55. The van der Waals surface area contributed by atoms with E-state index < -0.39 is 109 Å². The third-order valence-electron chi connectivity index (χ3n) is 10.3. The van der Waals surface area contributed by atoms with Gasteiger partial charge in [-0.1, -0.05) is 84.2 Å². The highest BCUT2D eigenvalue weighted by atomic mass is 16.4. The van der Waals surface area contributed by atoms with Gasteiger partial charge in [-0.3, -0.25) is 43.2 Å². The highest BCUT2D eigenvalue weighted by molar-refractivity contribution is 6.01. The molecule has 1 aromatic rings. The Hall–Kier alpha value is -6.38. The molecule has 0 bridgehead atoms. The van der Waals surface area contributed by atoms with E-state index in [1.165, 1.54) is 26.6 Å². The molecular formula is C43H68N10O11. The van der Waals surface area contributed by atoms with Gasteiger partial charge in [0.2, 0.25) is 53.2 Å². The van der Waals surface area contributed by atoms with Gasteiger partial charge in [-0.05, 0) is 56.8 Å². The van der Waals surface area contributed by atoms with Crippen LogP contribution in [-0.4, -0.2) is 132 Å². The topological polar surface area (TPSA) is 330 Å². The van der Waals surface area contributed by atoms with Crippen LogP contribution in [-0.2, 0) is 54.4 Å². The molecule has 0 heterocycles. The quantitative estimate of drug-likeness (QED) is 0.0501. The molecule has 5 atom stereocenters. The van der Waals surface area contributed by atoms with Crippen molar-refractivity contribution in [3.05, 3.63) is 48.0 Å². The number of carbonyl (C=O) groups excluding carboxylic acids is 9. The van der Waals surface area contributed by atoms with Crippen LogP contribution in [0.15, 0.2) is 42.5 Å². The van der Waals surface area contributed by atoms with E-state index in [0.717, 1.165) is 31.4 Å². The normalized spacial score (nSPS) is 14.9. The summed E-state index contributed by atoms with van der Waals surface area (Å²) in [6, 6.07) is 2.47. The van der Waals surface area contributed by atoms with Crippen molar-refractivity contribution in [3.63, 3.8) is 0 Å². The molecular weight excluding hydrogens is 833 g/mol. The molecule has 1 aliphatic rings. The molecule has 21 heteroatoms. The van der Waals surface area contributed by atoms with Gasteiger partial charge in [0.15, 0.2) is 0 Å². The van der Waals surface area contributed by atoms with Gasteiger partial charge < -0.3 is 58.7 Å². The molecule has 2 rings (SSSR count). The molecule has 12 N–H and O–H groups in total. The van der Waals surface area contributed by atoms with Gasteiger partial charge >= 0.3 is 5.97 Å². The average molecular weight is 901 g/mol. The van der Waals surface area contributed by atoms with Crippen molar-refractivity contribution in [1.29, 1.82) is 0 Å². The summed E-state index contributed by atoms with van der Waals surface area (Å²) in [4.78, 5) is 127. The second kappa shape index (κ2) is 29.8. The molecule has 0 aliphatic heterocycles. The summed E-state index contributed by atoms with van der Waals surface area (Å²) in [6.07, 6.45) is 4.37. The SMILES string of the molecule is CC(C)[C@H](NC(=O)[C@H](C)NC(=O)[C@@H](NC(=O)[C@H](CC(N)=O)NC(=O)/C=C/C(=O)NCC(=O)NCC(=O)N[C@@H](Cc1ccccc1)C(=O)O)C1CCCCC1)C(N)=O.CCN(CC)CC. The monoisotopic (exact) mass is 901 g/mol. The van der Waals surface area contributed by atoms with E-state index in [2.05, 4.69) is 62.9 Å². The third-order valence-corrected chi connectivity index (χ3v) is 10.3. The number of carboxylic acid groups (broad SMARTS) is 1. The summed E-state index contributed by atoms with van der Waals surface area (Å²) in [5, 5.41) is 26.1. The fraction of sp³-hybridized carbons (Fsp3) is 0.581. The maximum Gasteiger partial charge on any atom is 0.326 e. The molecule has 1 saturated carbocycles. The van der Waals surface area contributed by atoms with E-state index in [-0.39, 0.29) is 18.3 Å². The molecule has 1 fully saturated rings. The number of carbonyl (C=O) groups is 10. The summed E-state index contributed by atoms with van der Waals surface area (Å²) in [5.41, 5.74) is 11.4. The first kappa shape index (κ1) is 55.6. The van der Waals surface area contributed by atoms with E-state index in [1.807, 2.05) is 0 Å². The number of amides is 9. The number of nitrogens with two attached hydrogens (primary N) is 2. The average Bonchev–Trinajstić information content (AvgIpc) is 3.25. The zero-order chi connectivity index (χ0) is 48.4. The third kappa shape index (κ3) is 22.1. The Kier molecular flexibility index (Phi) is 25.9. The number of nitrogens with one attached hydrogen (secondary N) is 7. The summed E-state index contributed by atoms with van der Waals surface area (Å²) in [6.45, 7) is 13.7. The van der Waals surface area contributed by atoms with Gasteiger partial charge in [-0.2, -0.15) is 0 Å². The van der Waals surface area contributed by atoms with Crippen LogP contribution in [0.4, 0.5) is 0 Å². The van der Waals surface area contributed by atoms with E-state index >= 15 is 0 Å². The zero-order valence-corrected chi connectivity index (χ0v) is 37.7. The van der Waals surface area contributed by atoms with Crippen molar-refractivity contribution in [2.45, 2.75) is 117 Å². The van der Waals surface area contributed by atoms with Crippen molar-refractivity contribution in [2.75, 3.05) is 32.7 Å². The lowest BCUT2D eigenvalue weighted by Crippen LogP contribution is -2.60. The molecule has 9 amide bonds. The Balaban J connectivity index is 0.00000269. The summed E-state index contributed by atoms with van der Waals surface area (Å²) in [5.74, 6) is -9.51. The van der Waals surface area contributed by atoms with Crippen LogP contribution in [0.25, 0.3) is 0 Å². The minimum absolute atomic E-state index is 0.0133. The van der Waals surface area contributed by atoms with Gasteiger partial charge in [0.25, 0.3) is 0 Å². The molecule has 356 valence electrons. The zero-order valence-electron chi connectivity index (χ0n) is 37.7. The Labute approximate surface area is 374 Å². The highest BCUT2D eigenvalue weighted by Gasteiger charge is 2.35. The van der Waals surface area contributed by atoms with Crippen LogP contribution in [0.2, 0.25) is 0 Å². The fourth-order valence-electron chi connectivity index (χ4n) is 6.55. The van der Waals surface area contributed by atoms with Crippen molar-refractivity contribution in [3.8, 4) is 0 Å². The number of aliphatic carboxylic acids is 1. The van der Waals surface area contributed by atoms with E-state index in [1.54, 1.807) is 44.2 Å². The van der Waals surface area contributed by atoms with Gasteiger partial charge in [0.1, 0.15) is 30.2 Å². The molecule has 64 heavy (non-hydrogen) atoms. The lowest BCUT2D eigenvalue weighted by Gasteiger charge is -2.32. The molecule has 0 radical (unpaired) electrons. The van der Waals surface area contributed by atoms with Gasteiger partial charge in [-0.15, -0.1) is 0 Å². The molecule has 0 saturated heterocycles. The largest absolute Gasteiger partial charge is 0.480 e. The van der Waals surface area contributed by atoms with E-state index in [0.29, 0.717) is 18.4 Å². The molecule has 0 spiro atoms. The van der Waals surface area contributed by atoms with Gasteiger partial charge in [-0.25, -0.2) is 4.79 Å². The number of nitrogens with zero attached hydrogens (tertiary/aromatic N) is 1. The first-order chi connectivity index (χ1) is 30.2. The smallest absolute Gasteiger partial charge is 0.326 e. The minimum Gasteiger partial charge on any atom is -0.480 e. The number of primary amides is 2. The van der Waals surface area contributed by atoms with Gasteiger partial charge in [0.05, 0.1) is 19.5 Å². The second-order valence-corrected chi connectivity index (χ2v) is 15.6. The second-order valence-electron chi connectivity index (χ2n) is 15.6. The predicted molar refractivity (Wildman–Crippen MR) is 236 cm³/mol. The molecule has 1 aliphatic carbocycles. The number of benzene rings is 1. The van der Waals surface area contributed by atoms with Crippen LogP contribution < -0.4 is 48.7 Å². The standard InChI is InChI=1S/C37H53N9O11.C6H15N/c1-20(2)31(33(39)52)45-34(53)21(3)42-36(55)32(23-12-8-5-9-13-23)46-35(54)24(17-26(38)47)43-28(49)15-14-27(48)40-18-29(50)41-19-30(51)44-25(37(56)57)16-22-10-6-4-7-11-22;1-4-7(5-2)6-3/h4,6-7,10-11,14-15,20-21,23-25,31-32H,5,8-9,12-13,16-19H2,1-3H3,(H2,38,47)(H2,39,52)(H,40,48)(H,41,50)(H,42,55)(H,43,49)(H,44,51)(H,45,53)(H,46,54)(H,56,57);4-6H2,1-3H3/b15-14+;/t21-,24-,25-,31-,32-;/m0./s1. The maximum atomic E-state index is 13.5. The van der Waals surface area contributed by atoms with Crippen LogP contribution >= 0.6 is 0 Å². The number of hydrogen-bond acceptors (Lipinski definition) is 11.